The number of nitrogens with zero attached hydrogens (tertiary/aromatic N) is 2. The van der Waals surface area contributed by atoms with Crippen molar-refractivity contribution in [1.29, 1.82) is 0 Å². The molecule has 0 aliphatic heterocycles. The van der Waals surface area contributed by atoms with Crippen LogP contribution in [0.2, 0.25) is 0 Å². The molecule has 0 saturated heterocycles. The fraction of sp³-hybridized carbons (Fsp3) is 0.273. The number of hydrogen-bond acceptors (Lipinski definition) is 4. The van der Waals surface area contributed by atoms with Gasteiger partial charge in [0, 0.05) is 6.42 Å². The van der Waals surface area contributed by atoms with Crippen molar-refractivity contribution >= 4 is 0 Å². The molecule has 1 aromatic heterocycles. The molecule has 0 bridgehead atoms. The fourth-order valence-corrected chi connectivity index (χ4v) is 1.52. The number of benzene rings is 1. The molecule has 2 rings (SSSR count). The second-order valence-electron chi connectivity index (χ2n) is 3.55. The van der Waals surface area contributed by atoms with Gasteiger partial charge in [-0.15, -0.1) is 0 Å². The van der Waals surface area contributed by atoms with Crippen LogP contribution in [0.4, 0.5) is 4.39 Å². The first kappa shape index (κ1) is 11.5. The minimum Gasteiger partial charge on any atom is -0.494 e. The van der Waals surface area contributed by atoms with Gasteiger partial charge in [0.1, 0.15) is 5.82 Å². The van der Waals surface area contributed by atoms with Gasteiger partial charge in [-0.1, -0.05) is 6.07 Å². The largest absolute Gasteiger partial charge is 0.494 e. The van der Waals surface area contributed by atoms with E-state index in [1.165, 1.54) is 13.2 Å². The zero-order chi connectivity index (χ0) is 12.3. The summed E-state index contributed by atoms with van der Waals surface area (Å²) in [6, 6.07) is 4.79. The van der Waals surface area contributed by atoms with Gasteiger partial charge in [-0.2, -0.15) is 5.10 Å². The molecule has 0 saturated carbocycles. The Labute approximate surface area is 97.8 Å². The minimum absolute atomic E-state index is 0.231. The summed E-state index contributed by atoms with van der Waals surface area (Å²) in [4.78, 5) is 4.15. The van der Waals surface area contributed by atoms with Gasteiger partial charge in [-0.3, -0.25) is 5.10 Å². The summed E-state index contributed by atoms with van der Waals surface area (Å²) in [5, 5.41) is 6.67. The smallest absolute Gasteiger partial charge is 0.165 e. The summed E-state index contributed by atoms with van der Waals surface area (Å²) < 4.78 is 18.3. The van der Waals surface area contributed by atoms with Crippen molar-refractivity contribution < 1.29 is 9.13 Å². The van der Waals surface area contributed by atoms with Gasteiger partial charge < -0.3 is 10.5 Å². The maximum atomic E-state index is 13.4. The Kier molecular flexibility index (Phi) is 3.34. The van der Waals surface area contributed by atoms with Gasteiger partial charge in [-0.05, 0) is 17.7 Å². The molecular formula is C11H13FN4O. The summed E-state index contributed by atoms with van der Waals surface area (Å²) in [5.74, 6) is 1.06. The maximum absolute atomic E-state index is 13.4. The van der Waals surface area contributed by atoms with Gasteiger partial charge in [0.2, 0.25) is 0 Å². The third-order valence-corrected chi connectivity index (χ3v) is 2.35. The molecule has 1 aromatic carbocycles. The molecular weight excluding hydrogens is 223 g/mol. The maximum Gasteiger partial charge on any atom is 0.165 e. The second kappa shape index (κ2) is 4.92. The Morgan fingerprint density at radius 1 is 1.47 bits per heavy atom. The standard InChI is InChI=1S/C11H13FN4O/c1-17-9-3-2-7(4-8(9)12)5-10-14-11(6-13)16-15-10/h2-4H,5-6,13H2,1H3,(H,14,15,16). The van der Waals surface area contributed by atoms with Crippen molar-refractivity contribution in [3.8, 4) is 5.75 Å². The van der Waals surface area contributed by atoms with Crippen molar-refractivity contribution in [1.82, 2.24) is 15.2 Å². The number of nitrogens with one attached hydrogen (secondary N) is 1. The highest BCUT2D eigenvalue weighted by Gasteiger charge is 2.06. The highest BCUT2D eigenvalue weighted by Crippen LogP contribution is 2.18. The normalized spacial score (nSPS) is 10.5. The van der Waals surface area contributed by atoms with Crippen LogP contribution in [0.25, 0.3) is 0 Å². The first-order valence-corrected chi connectivity index (χ1v) is 5.15. The predicted molar refractivity (Wildman–Crippen MR) is 60.0 cm³/mol. The summed E-state index contributed by atoms with van der Waals surface area (Å²) in [5.41, 5.74) is 6.19. The topological polar surface area (TPSA) is 76.8 Å². The van der Waals surface area contributed by atoms with E-state index in [-0.39, 0.29) is 18.1 Å². The van der Waals surface area contributed by atoms with Crippen LogP contribution < -0.4 is 10.5 Å². The summed E-state index contributed by atoms with van der Waals surface area (Å²) in [6.45, 7) is 0.285. The lowest BCUT2D eigenvalue weighted by molar-refractivity contribution is 0.386. The quantitative estimate of drug-likeness (QED) is 0.830. The SMILES string of the molecule is COc1ccc(Cc2nc(CN)n[nH]2)cc1F. The van der Waals surface area contributed by atoms with Crippen molar-refractivity contribution in [3.63, 3.8) is 0 Å². The molecule has 3 N–H and O–H groups in total. The van der Waals surface area contributed by atoms with Crippen LogP contribution in [0, 0.1) is 5.82 Å². The third-order valence-electron chi connectivity index (χ3n) is 2.35. The van der Waals surface area contributed by atoms with Crippen LogP contribution in [-0.4, -0.2) is 22.3 Å². The number of H-pyrrole nitrogens is 1. The number of hydrogen-bond donors (Lipinski definition) is 2. The van der Waals surface area contributed by atoms with E-state index in [2.05, 4.69) is 15.2 Å². The lowest BCUT2D eigenvalue weighted by Crippen LogP contribution is -1.98. The molecule has 0 fully saturated rings. The molecule has 0 spiro atoms. The Bertz CT molecular complexity index is 512. The molecule has 0 unspecified atom stereocenters. The molecule has 2 aromatic rings. The van der Waals surface area contributed by atoms with Crippen LogP contribution in [0.5, 0.6) is 5.75 Å². The summed E-state index contributed by atoms with van der Waals surface area (Å²) in [7, 11) is 1.43. The van der Waals surface area contributed by atoms with Crippen LogP contribution >= 0.6 is 0 Å². The average molecular weight is 236 g/mol. The Morgan fingerprint density at radius 2 is 2.29 bits per heavy atom. The van der Waals surface area contributed by atoms with Gasteiger partial charge in [0.05, 0.1) is 13.7 Å². The average Bonchev–Trinajstić information content (AvgIpc) is 2.77. The summed E-state index contributed by atoms with van der Waals surface area (Å²) in [6.07, 6.45) is 0.480. The Balaban J connectivity index is 2.15. The molecule has 0 amide bonds. The van der Waals surface area contributed by atoms with E-state index in [1.807, 2.05) is 0 Å². The van der Waals surface area contributed by atoms with E-state index < -0.39 is 0 Å². The Morgan fingerprint density at radius 3 is 2.88 bits per heavy atom. The summed E-state index contributed by atoms with van der Waals surface area (Å²) >= 11 is 0. The zero-order valence-corrected chi connectivity index (χ0v) is 9.40. The van der Waals surface area contributed by atoms with E-state index in [0.29, 0.717) is 18.1 Å². The molecule has 1 heterocycles. The van der Waals surface area contributed by atoms with E-state index in [4.69, 9.17) is 10.5 Å². The minimum atomic E-state index is -0.386. The number of methoxy groups -OCH3 is 1. The molecule has 90 valence electrons. The highest BCUT2D eigenvalue weighted by atomic mass is 19.1. The lowest BCUT2D eigenvalue weighted by atomic mass is 10.1. The van der Waals surface area contributed by atoms with Crippen molar-refractivity contribution in [2.24, 2.45) is 5.73 Å². The molecule has 17 heavy (non-hydrogen) atoms. The van der Waals surface area contributed by atoms with E-state index in [0.717, 1.165) is 5.56 Å². The number of aromatic nitrogens is 3. The highest BCUT2D eigenvalue weighted by molar-refractivity contribution is 5.30. The van der Waals surface area contributed by atoms with Gasteiger partial charge in [0.25, 0.3) is 0 Å². The van der Waals surface area contributed by atoms with Crippen LogP contribution in [0.1, 0.15) is 17.2 Å². The molecule has 0 aliphatic rings. The number of rotatable bonds is 4. The number of aromatic amines is 1. The van der Waals surface area contributed by atoms with E-state index in [1.54, 1.807) is 12.1 Å². The number of halogens is 1. The van der Waals surface area contributed by atoms with E-state index >= 15 is 0 Å². The number of nitrogens with two attached hydrogens (primary N) is 1. The van der Waals surface area contributed by atoms with Crippen LogP contribution in [0.3, 0.4) is 0 Å². The first-order valence-electron chi connectivity index (χ1n) is 5.15. The monoisotopic (exact) mass is 236 g/mol. The molecule has 0 radical (unpaired) electrons. The zero-order valence-electron chi connectivity index (χ0n) is 9.40. The van der Waals surface area contributed by atoms with Crippen LogP contribution in [0.15, 0.2) is 18.2 Å². The van der Waals surface area contributed by atoms with Gasteiger partial charge in [-0.25, -0.2) is 9.37 Å². The Hall–Kier alpha value is -1.95. The second-order valence-corrected chi connectivity index (χ2v) is 3.55. The number of ether oxygens (including phenoxy) is 1. The van der Waals surface area contributed by atoms with Crippen molar-refractivity contribution in [3.05, 3.63) is 41.2 Å². The molecule has 0 atom stereocenters. The lowest BCUT2D eigenvalue weighted by Gasteiger charge is -2.03. The molecule has 5 nitrogen and oxygen atoms in total. The molecule has 0 aliphatic carbocycles. The van der Waals surface area contributed by atoms with Crippen molar-refractivity contribution in [2.45, 2.75) is 13.0 Å². The predicted octanol–water partition coefficient (Wildman–Crippen LogP) is 1.00. The van der Waals surface area contributed by atoms with Gasteiger partial charge in [0.15, 0.2) is 17.4 Å². The van der Waals surface area contributed by atoms with Gasteiger partial charge >= 0.3 is 0 Å². The van der Waals surface area contributed by atoms with Crippen LogP contribution in [-0.2, 0) is 13.0 Å². The first-order chi connectivity index (χ1) is 8.22. The third kappa shape index (κ3) is 2.59. The van der Waals surface area contributed by atoms with E-state index in [9.17, 15) is 4.39 Å². The van der Waals surface area contributed by atoms with Crippen molar-refractivity contribution in [2.75, 3.05) is 7.11 Å². The molecule has 6 heteroatoms. The fourth-order valence-electron chi connectivity index (χ4n) is 1.52.